The van der Waals surface area contributed by atoms with E-state index in [2.05, 4.69) is 102 Å². The van der Waals surface area contributed by atoms with E-state index in [0.29, 0.717) is 0 Å². The fourth-order valence-electron chi connectivity index (χ4n) is 4.47. The lowest BCUT2D eigenvalue weighted by molar-refractivity contribution is 0.0596. The molecule has 0 aliphatic carbocycles. The van der Waals surface area contributed by atoms with Crippen LogP contribution in [-0.2, 0) is 0 Å². The summed E-state index contributed by atoms with van der Waals surface area (Å²) in [6, 6.07) is 23.5. The van der Waals surface area contributed by atoms with E-state index in [9.17, 15) is 4.79 Å². The van der Waals surface area contributed by atoms with Crippen molar-refractivity contribution in [1.82, 2.24) is 9.80 Å². The molecule has 1 fully saturated rings. The largest absolute Gasteiger partial charge is 0.336 e. The van der Waals surface area contributed by atoms with Gasteiger partial charge < -0.3 is 4.90 Å². The molecule has 31 heavy (non-hydrogen) atoms. The van der Waals surface area contributed by atoms with Gasteiger partial charge in [-0.15, -0.1) is 0 Å². The summed E-state index contributed by atoms with van der Waals surface area (Å²) >= 11 is 3.62. The molecule has 0 aromatic heterocycles. The molecule has 1 amide bonds. The minimum absolute atomic E-state index is 0.136. The van der Waals surface area contributed by atoms with Gasteiger partial charge in [-0.05, 0) is 54.7 Å². The third-order valence-corrected chi connectivity index (χ3v) is 7.41. The second-order valence-corrected chi connectivity index (χ2v) is 9.19. The number of hydrogen-bond acceptors (Lipinski definition) is 2. The number of halogens is 1. The number of carbonyl (C=O) groups is 1. The van der Waals surface area contributed by atoms with E-state index in [1.807, 2.05) is 11.0 Å². The Morgan fingerprint density at radius 2 is 1.29 bits per heavy atom. The second-order valence-electron chi connectivity index (χ2n) is 8.33. The third-order valence-electron chi connectivity index (χ3n) is 6.59. The number of piperazine rings is 1. The van der Waals surface area contributed by atoms with Crippen LogP contribution < -0.4 is 0 Å². The first kappa shape index (κ1) is 21.8. The molecular formula is C27H29BrN2O. The van der Waals surface area contributed by atoms with Crippen molar-refractivity contribution in [3.05, 3.63) is 105 Å². The first-order valence-electron chi connectivity index (χ1n) is 10.9. The average molecular weight is 477 g/mol. The van der Waals surface area contributed by atoms with Crippen LogP contribution >= 0.6 is 15.9 Å². The number of nitrogens with zero attached hydrogens (tertiary/aromatic N) is 2. The van der Waals surface area contributed by atoms with Crippen LogP contribution in [-0.4, -0.2) is 41.9 Å². The molecule has 4 heteroatoms. The fourth-order valence-corrected chi connectivity index (χ4v) is 4.99. The monoisotopic (exact) mass is 476 g/mol. The Labute approximate surface area is 193 Å². The first-order valence-corrected chi connectivity index (χ1v) is 11.7. The van der Waals surface area contributed by atoms with Gasteiger partial charge in [-0.1, -0.05) is 76.6 Å². The van der Waals surface area contributed by atoms with Crippen LogP contribution in [0.2, 0.25) is 0 Å². The number of hydrogen-bond donors (Lipinski definition) is 0. The predicted molar refractivity (Wildman–Crippen MR) is 131 cm³/mol. The summed E-state index contributed by atoms with van der Waals surface area (Å²) in [5.74, 6) is 0.136. The lowest BCUT2D eigenvalue weighted by Gasteiger charge is -2.40. The van der Waals surface area contributed by atoms with Crippen LogP contribution in [0.5, 0.6) is 0 Å². The molecule has 0 atom stereocenters. The molecule has 0 radical (unpaired) electrons. The van der Waals surface area contributed by atoms with Crippen molar-refractivity contribution < 1.29 is 4.79 Å². The van der Waals surface area contributed by atoms with Gasteiger partial charge in [0.05, 0.1) is 6.04 Å². The molecule has 3 aromatic carbocycles. The Bertz CT molecular complexity index is 1020. The Balaban J connectivity index is 1.54. The molecule has 0 spiro atoms. The molecule has 1 aliphatic heterocycles. The zero-order chi connectivity index (χ0) is 22.0. The van der Waals surface area contributed by atoms with Gasteiger partial charge in [0.2, 0.25) is 0 Å². The van der Waals surface area contributed by atoms with Crippen LogP contribution in [0.25, 0.3) is 0 Å². The predicted octanol–water partition coefficient (Wildman–Crippen LogP) is 5.92. The summed E-state index contributed by atoms with van der Waals surface area (Å²) in [4.78, 5) is 17.8. The zero-order valence-electron chi connectivity index (χ0n) is 18.4. The lowest BCUT2D eigenvalue weighted by atomic mass is 9.96. The summed E-state index contributed by atoms with van der Waals surface area (Å²) < 4.78 is 1.01. The van der Waals surface area contributed by atoms with E-state index in [1.165, 1.54) is 22.3 Å². The van der Waals surface area contributed by atoms with Crippen molar-refractivity contribution in [2.75, 3.05) is 26.2 Å². The van der Waals surface area contributed by atoms with Gasteiger partial charge in [-0.2, -0.15) is 0 Å². The average Bonchev–Trinajstić information content (AvgIpc) is 2.82. The SMILES string of the molecule is Cc1c(Br)cc(C(=O)N2CCN(C(c3ccccc3)c3ccccc3)CC2)c(C)c1C. The summed E-state index contributed by atoms with van der Waals surface area (Å²) in [5.41, 5.74) is 6.87. The molecule has 1 saturated heterocycles. The van der Waals surface area contributed by atoms with Gasteiger partial charge in [0.25, 0.3) is 5.91 Å². The summed E-state index contributed by atoms with van der Waals surface area (Å²) in [5, 5.41) is 0. The highest BCUT2D eigenvalue weighted by Crippen LogP contribution is 2.31. The van der Waals surface area contributed by atoms with Crippen molar-refractivity contribution in [3.8, 4) is 0 Å². The van der Waals surface area contributed by atoms with E-state index in [0.717, 1.165) is 41.8 Å². The standard InChI is InChI=1S/C27H29BrN2O/c1-19-20(2)24(18-25(28)21(19)3)27(31)30-16-14-29(15-17-30)26(22-10-6-4-7-11-22)23-12-8-5-9-13-23/h4-13,18,26H,14-17H2,1-3H3. The van der Waals surface area contributed by atoms with E-state index < -0.39 is 0 Å². The Morgan fingerprint density at radius 1 is 0.774 bits per heavy atom. The minimum Gasteiger partial charge on any atom is -0.336 e. The number of rotatable bonds is 4. The van der Waals surface area contributed by atoms with Crippen LogP contribution in [0.1, 0.15) is 44.2 Å². The third kappa shape index (κ3) is 4.46. The molecule has 3 aromatic rings. The normalized spacial score (nSPS) is 14.8. The summed E-state index contributed by atoms with van der Waals surface area (Å²) in [6.45, 7) is 9.41. The number of benzene rings is 3. The minimum atomic E-state index is 0.136. The van der Waals surface area contributed by atoms with Gasteiger partial charge in [0, 0.05) is 36.2 Å². The van der Waals surface area contributed by atoms with Gasteiger partial charge in [-0.3, -0.25) is 9.69 Å². The molecule has 4 rings (SSSR count). The quantitative estimate of drug-likeness (QED) is 0.466. The van der Waals surface area contributed by atoms with Crippen LogP contribution in [0.15, 0.2) is 71.2 Å². The van der Waals surface area contributed by atoms with Gasteiger partial charge in [0.15, 0.2) is 0 Å². The maximum atomic E-state index is 13.3. The summed E-state index contributed by atoms with van der Waals surface area (Å²) in [6.07, 6.45) is 0. The molecule has 160 valence electrons. The highest BCUT2D eigenvalue weighted by molar-refractivity contribution is 9.10. The van der Waals surface area contributed by atoms with E-state index in [1.54, 1.807) is 0 Å². The molecule has 3 nitrogen and oxygen atoms in total. The zero-order valence-corrected chi connectivity index (χ0v) is 20.0. The van der Waals surface area contributed by atoms with E-state index >= 15 is 0 Å². The van der Waals surface area contributed by atoms with E-state index in [4.69, 9.17) is 0 Å². The van der Waals surface area contributed by atoms with Crippen molar-refractivity contribution in [2.24, 2.45) is 0 Å². The highest BCUT2D eigenvalue weighted by Gasteiger charge is 2.29. The number of amides is 1. The summed E-state index contributed by atoms with van der Waals surface area (Å²) in [7, 11) is 0. The Morgan fingerprint density at radius 3 is 1.81 bits per heavy atom. The first-order chi connectivity index (χ1) is 15.0. The van der Waals surface area contributed by atoms with E-state index in [-0.39, 0.29) is 11.9 Å². The molecule has 1 heterocycles. The Hall–Kier alpha value is -2.43. The van der Waals surface area contributed by atoms with Crippen LogP contribution in [0.3, 0.4) is 0 Å². The lowest BCUT2D eigenvalue weighted by Crippen LogP contribution is -2.50. The van der Waals surface area contributed by atoms with Crippen molar-refractivity contribution in [2.45, 2.75) is 26.8 Å². The molecule has 0 N–H and O–H groups in total. The molecule has 0 bridgehead atoms. The Kier molecular flexibility index (Phi) is 6.59. The van der Waals surface area contributed by atoms with Crippen LogP contribution in [0.4, 0.5) is 0 Å². The fraction of sp³-hybridized carbons (Fsp3) is 0.296. The van der Waals surface area contributed by atoms with Gasteiger partial charge >= 0.3 is 0 Å². The maximum absolute atomic E-state index is 13.3. The highest BCUT2D eigenvalue weighted by atomic mass is 79.9. The van der Waals surface area contributed by atoms with Crippen molar-refractivity contribution >= 4 is 21.8 Å². The smallest absolute Gasteiger partial charge is 0.254 e. The molecule has 0 unspecified atom stereocenters. The second kappa shape index (κ2) is 9.37. The molecule has 1 aliphatic rings. The van der Waals surface area contributed by atoms with Crippen LogP contribution in [0, 0.1) is 20.8 Å². The molecular weight excluding hydrogens is 448 g/mol. The maximum Gasteiger partial charge on any atom is 0.254 e. The molecule has 0 saturated carbocycles. The number of carbonyl (C=O) groups excluding carboxylic acids is 1. The van der Waals surface area contributed by atoms with Gasteiger partial charge in [0.1, 0.15) is 0 Å². The van der Waals surface area contributed by atoms with Gasteiger partial charge in [-0.25, -0.2) is 0 Å². The van der Waals surface area contributed by atoms with Crippen molar-refractivity contribution in [3.63, 3.8) is 0 Å². The van der Waals surface area contributed by atoms with Crippen molar-refractivity contribution in [1.29, 1.82) is 0 Å². The topological polar surface area (TPSA) is 23.6 Å².